The van der Waals surface area contributed by atoms with Gasteiger partial charge in [-0.25, -0.2) is 0 Å². The molecular formula is C14H26NOP. The van der Waals surface area contributed by atoms with Gasteiger partial charge in [-0.15, -0.1) is 0 Å². The molecule has 0 atom stereocenters. The van der Waals surface area contributed by atoms with Gasteiger partial charge in [-0.1, -0.05) is 39.8 Å². The molecule has 1 aliphatic carbocycles. The van der Waals surface area contributed by atoms with Crippen molar-refractivity contribution in [2.75, 3.05) is 0 Å². The normalized spacial score (nSPS) is 15.9. The zero-order valence-electron chi connectivity index (χ0n) is 12.0. The van der Waals surface area contributed by atoms with E-state index >= 15 is 0 Å². The van der Waals surface area contributed by atoms with E-state index in [1.807, 2.05) is 0 Å². The first-order valence-corrected chi connectivity index (χ1v) is 8.34. The number of allylic oxidation sites excluding steroid dienone is 3. The third kappa shape index (κ3) is 3.48. The zero-order valence-corrected chi connectivity index (χ0v) is 12.9. The van der Waals surface area contributed by atoms with Crippen molar-refractivity contribution in [3.63, 3.8) is 0 Å². The highest BCUT2D eigenvalue weighted by atomic mass is 31.2. The van der Waals surface area contributed by atoms with Gasteiger partial charge >= 0.3 is 0 Å². The molecule has 0 radical (unpaired) electrons. The van der Waals surface area contributed by atoms with Gasteiger partial charge in [0.2, 0.25) is 0 Å². The zero-order chi connectivity index (χ0) is 13.1. The Morgan fingerprint density at radius 2 is 1.71 bits per heavy atom. The lowest BCUT2D eigenvalue weighted by Crippen LogP contribution is -2.13. The van der Waals surface area contributed by atoms with Crippen LogP contribution in [0.4, 0.5) is 0 Å². The summed E-state index contributed by atoms with van der Waals surface area (Å²) in [5.41, 5.74) is 0.956. The predicted octanol–water partition coefficient (Wildman–Crippen LogP) is 5.19. The maximum absolute atomic E-state index is 6.38. The molecule has 0 saturated carbocycles. The molecule has 0 spiro atoms. The molecule has 0 unspecified atom stereocenters. The van der Waals surface area contributed by atoms with Crippen LogP contribution in [-0.4, -0.2) is 17.4 Å². The summed E-state index contributed by atoms with van der Waals surface area (Å²) < 4.78 is 11.4. The summed E-state index contributed by atoms with van der Waals surface area (Å²) >= 11 is 0. The van der Waals surface area contributed by atoms with Gasteiger partial charge in [0.15, 0.2) is 0 Å². The van der Waals surface area contributed by atoms with Crippen LogP contribution in [0.15, 0.2) is 28.7 Å². The largest absolute Gasteiger partial charge is 0.463 e. The molecule has 2 nitrogen and oxygen atoms in total. The van der Waals surface area contributed by atoms with Crippen molar-refractivity contribution in [2.24, 2.45) is 4.74 Å². The average molecular weight is 255 g/mol. The first kappa shape index (κ1) is 14.6. The molecule has 0 fully saturated rings. The van der Waals surface area contributed by atoms with Gasteiger partial charge in [0.05, 0.1) is 0 Å². The monoisotopic (exact) mass is 255 g/mol. The quantitative estimate of drug-likeness (QED) is 0.619. The minimum Gasteiger partial charge on any atom is -0.463 e. The minimum absolute atomic E-state index is 0.336. The molecule has 0 N–H and O–H groups in total. The summed E-state index contributed by atoms with van der Waals surface area (Å²) in [4.78, 5) is 0. The molecule has 0 aromatic rings. The van der Waals surface area contributed by atoms with E-state index in [2.05, 4.69) is 59.8 Å². The average Bonchev–Trinajstić information content (AvgIpc) is 2.67. The Kier molecular flexibility index (Phi) is 5.06. The molecule has 0 amide bonds. The van der Waals surface area contributed by atoms with Gasteiger partial charge in [-0.05, 0) is 19.9 Å². The maximum atomic E-state index is 6.38. The SMILES string of the molecule is CC(C)N=P(OC1=CC=CC1)(C(C)C)C(C)C. The van der Waals surface area contributed by atoms with Crippen molar-refractivity contribution in [3.05, 3.63) is 24.0 Å². The van der Waals surface area contributed by atoms with Gasteiger partial charge in [-0.3, -0.25) is 4.74 Å². The van der Waals surface area contributed by atoms with Crippen LogP contribution in [-0.2, 0) is 4.52 Å². The second-order valence-corrected chi connectivity index (χ2v) is 9.25. The molecule has 0 heterocycles. The summed E-state index contributed by atoms with van der Waals surface area (Å²) in [6.07, 6.45) is 7.21. The van der Waals surface area contributed by atoms with Gasteiger partial charge in [0.25, 0.3) is 0 Å². The van der Waals surface area contributed by atoms with E-state index in [0.717, 1.165) is 12.2 Å². The Labute approximate surface area is 106 Å². The third-order valence-corrected chi connectivity index (χ3v) is 7.20. The van der Waals surface area contributed by atoms with Gasteiger partial charge in [0.1, 0.15) is 13.0 Å². The standard InChI is InChI=1S/C14H26NOP/c1-11(2)15-17(12(3)4,13(5)6)16-14-9-7-8-10-14/h7-9,11-13H,10H2,1-6H3. The van der Waals surface area contributed by atoms with E-state index in [9.17, 15) is 0 Å². The molecule has 1 rings (SSSR count). The highest BCUT2D eigenvalue weighted by Gasteiger charge is 2.31. The Morgan fingerprint density at radius 1 is 1.12 bits per heavy atom. The van der Waals surface area contributed by atoms with Gasteiger partial charge in [0, 0.05) is 23.8 Å². The van der Waals surface area contributed by atoms with Crippen LogP contribution in [0.5, 0.6) is 0 Å². The number of hydrogen-bond donors (Lipinski definition) is 0. The highest BCUT2D eigenvalue weighted by molar-refractivity contribution is 7.63. The van der Waals surface area contributed by atoms with Gasteiger partial charge in [-0.2, -0.15) is 0 Å². The van der Waals surface area contributed by atoms with Crippen LogP contribution in [0.2, 0.25) is 0 Å². The van der Waals surface area contributed by atoms with E-state index in [1.165, 1.54) is 0 Å². The Hall–Kier alpha value is -0.490. The maximum Gasteiger partial charge on any atom is 0.138 e. The molecule has 0 aromatic carbocycles. The van der Waals surface area contributed by atoms with Crippen molar-refractivity contribution in [1.82, 2.24) is 0 Å². The highest BCUT2D eigenvalue weighted by Crippen LogP contribution is 2.61. The van der Waals surface area contributed by atoms with Crippen LogP contribution in [0.1, 0.15) is 48.0 Å². The van der Waals surface area contributed by atoms with Crippen molar-refractivity contribution in [3.8, 4) is 0 Å². The lowest BCUT2D eigenvalue weighted by atomic mass is 10.4. The minimum atomic E-state index is -1.73. The Morgan fingerprint density at radius 3 is 2.06 bits per heavy atom. The van der Waals surface area contributed by atoms with Gasteiger partial charge < -0.3 is 4.52 Å². The topological polar surface area (TPSA) is 21.6 Å². The lowest BCUT2D eigenvalue weighted by molar-refractivity contribution is 0.438. The summed E-state index contributed by atoms with van der Waals surface area (Å²) in [5, 5.41) is 0. The fourth-order valence-corrected chi connectivity index (χ4v) is 5.57. The second kappa shape index (κ2) is 5.91. The molecule has 0 saturated heterocycles. The number of rotatable bonds is 5. The molecule has 0 aliphatic heterocycles. The summed E-state index contributed by atoms with van der Waals surface area (Å²) in [6, 6.07) is 0.336. The van der Waals surface area contributed by atoms with Crippen LogP contribution in [0.3, 0.4) is 0 Å². The third-order valence-electron chi connectivity index (χ3n) is 2.89. The van der Waals surface area contributed by atoms with Crippen LogP contribution in [0.25, 0.3) is 0 Å². The van der Waals surface area contributed by atoms with E-state index in [-0.39, 0.29) is 0 Å². The molecule has 98 valence electrons. The van der Waals surface area contributed by atoms with Crippen molar-refractivity contribution < 1.29 is 4.52 Å². The van der Waals surface area contributed by atoms with Crippen LogP contribution in [0, 0.1) is 0 Å². The molecule has 0 bridgehead atoms. The molecule has 3 heteroatoms. The first-order chi connectivity index (χ1) is 7.88. The molecular weight excluding hydrogens is 229 g/mol. The van der Waals surface area contributed by atoms with E-state index < -0.39 is 7.28 Å². The predicted molar refractivity (Wildman–Crippen MR) is 77.7 cm³/mol. The van der Waals surface area contributed by atoms with Crippen LogP contribution < -0.4 is 0 Å². The fourth-order valence-electron chi connectivity index (χ4n) is 2.14. The molecule has 1 aliphatic rings. The number of nitrogens with zero attached hydrogens (tertiary/aromatic N) is 1. The summed E-state index contributed by atoms with van der Waals surface area (Å²) in [7, 11) is -1.73. The van der Waals surface area contributed by atoms with Crippen molar-refractivity contribution >= 4 is 7.28 Å². The van der Waals surface area contributed by atoms with Crippen molar-refractivity contribution in [1.29, 1.82) is 0 Å². The van der Waals surface area contributed by atoms with E-state index in [1.54, 1.807) is 0 Å². The van der Waals surface area contributed by atoms with Crippen LogP contribution >= 0.6 is 7.28 Å². The molecule has 17 heavy (non-hydrogen) atoms. The summed E-state index contributed by atoms with van der Waals surface area (Å²) in [6.45, 7) is 13.2. The number of hydrogen-bond acceptors (Lipinski definition) is 2. The van der Waals surface area contributed by atoms with E-state index in [4.69, 9.17) is 9.27 Å². The van der Waals surface area contributed by atoms with E-state index in [0.29, 0.717) is 17.4 Å². The lowest BCUT2D eigenvalue weighted by Gasteiger charge is -2.34. The summed E-state index contributed by atoms with van der Waals surface area (Å²) in [5.74, 6) is 1.09. The second-order valence-electron chi connectivity index (χ2n) is 5.43. The smallest absolute Gasteiger partial charge is 0.138 e. The van der Waals surface area contributed by atoms with Crippen molar-refractivity contribution in [2.45, 2.75) is 65.3 Å². The first-order valence-electron chi connectivity index (χ1n) is 6.54. The Bertz CT molecular complexity index is 352. The molecule has 0 aromatic heterocycles. The fraction of sp³-hybridized carbons (Fsp3) is 0.714. The Balaban J connectivity index is 3.07.